The van der Waals surface area contributed by atoms with Gasteiger partial charge < -0.3 is 15.7 Å². The molecule has 0 radical (unpaired) electrons. The zero-order valence-electron chi connectivity index (χ0n) is 11.9. The topological polar surface area (TPSA) is 61.4 Å². The zero-order valence-corrected chi connectivity index (χ0v) is 11.9. The molecule has 0 aromatic heterocycles. The van der Waals surface area contributed by atoms with Crippen molar-refractivity contribution in [3.8, 4) is 0 Å². The summed E-state index contributed by atoms with van der Waals surface area (Å²) in [5, 5.41) is 15.3. The second-order valence-corrected chi connectivity index (χ2v) is 4.94. The van der Waals surface area contributed by atoms with Gasteiger partial charge in [-0.25, -0.2) is 4.79 Å². The third kappa shape index (κ3) is 5.30. The van der Waals surface area contributed by atoms with Crippen molar-refractivity contribution in [2.75, 3.05) is 6.54 Å². The smallest absolute Gasteiger partial charge is 0.315 e. The molecule has 0 aliphatic carbocycles. The molecule has 3 N–H and O–H groups in total. The first-order valence-electron chi connectivity index (χ1n) is 6.82. The average Bonchev–Trinajstić information content (AvgIpc) is 2.44. The average molecular weight is 264 g/mol. The van der Waals surface area contributed by atoms with Crippen LogP contribution in [0.3, 0.4) is 0 Å². The molecule has 3 unspecified atom stereocenters. The Balaban J connectivity index is 2.35. The van der Waals surface area contributed by atoms with Crippen LogP contribution in [0.1, 0.15) is 38.8 Å². The Labute approximate surface area is 115 Å². The maximum atomic E-state index is 11.7. The number of amides is 2. The van der Waals surface area contributed by atoms with Gasteiger partial charge in [-0.05, 0) is 18.4 Å². The van der Waals surface area contributed by atoms with Crippen molar-refractivity contribution in [1.82, 2.24) is 10.6 Å². The minimum Gasteiger partial charge on any atom is -0.391 e. The highest BCUT2D eigenvalue weighted by molar-refractivity contribution is 5.74. The van der Waals surface area contributed by atoms with Crippen LogP contribution in [0.5, 0.6) is 0 Å². The fraction of sp³-hybridized carbons (Fsp3) is 0.533. The van der Waals surface area contributed by atoms with Crippen molar-refractivity contribution >= 4 is 6.03 Å². The van der Waals surface area contributed by atoms with Crippen LogP contribution >= 0.6 is 0 Å². The van der Waals surface area contributed by atoms with E-state index in [1.54, 1.807) is 0 Å². The third-order valence-corrected chi connectivity index (χ3v) is 3.42. The van der Waals surface area contributed by atoms with Gasteiger partial charge in [0.15, 0.2) is 0 Å². The van der Waals surface area contributed by atoms with Crippen molar-refractivity contribution < 1.29 is 9.90 Å². The molecule has 0 saturated carbocycles. The summed E-state index contributed by atoms with van der Waals surface area (Å²) in [6.07, 6.45) is 0.396. The monoisotopic (exact) mass is 264 g/mol. The van der Waals surface area contributed by atoms with Crippen LogP contribution in [0, 0.1) is 5.92 Å². The summed E-state index contributed by atoms with van der Waals surface area (Å²) in [6, 6.07) is 9.47. The number of hydrogen-bond acceptors (Lipinski definition) is 2. The summed E-state index contributed by atoms with van der Waals surface area (Å²) < 4.78 is 0. The number of rotatable bonds is 6. The Morgan fingerprint density at radius 3 is 2.47 bits per heavy atom. The quantitative estimate of drug-likeness (QED) is 0.739. The highest BCUT2D eigenvalue weighted by Crippen LogP contribution is 2.10. The first-order chi connectivity index (χ1) is 9.04. The molecule has 0 spiro atoms. The first kappa shape index (κ1) is 15.5. The molecule has 0 saturated heterocycles. The fourth-order valence-corrected chi connectivity index (χ4v) is 1.74. The normalized spacial score (nSPS) is 15.4. The number of urea groups is 1. The SMILES string of the molecule is CCC(C)C(O)CNC(=O)NC(C)c1ccccc1. The number of carbonyl (C=O) groups excluding carboxylic acids is 1. The minimum absolute atomic E-state index is 0.0538. The first-order valence-corrected chi connectivity index (χ1v) is 6.82. The summed E-state index contributed by atoms with van der Waals surface area (Å²) >= 11 is 0. The maximum Gasteiger partial charge on any atom is 0.315 e. The number of hydrogen-bond donors (Lipinski definition) is 3. The van der Waals surface area contributed by atoms with E-state index >= 15 is 0 Å². The molecule has 1 aromatic rings. The Hall–Kier alpha value is -1.55. The summed E-state index contributed by atoms with van der Waals surface area (Å²) in [5.74, 6) is 0.187. The van der Waals surface area contributed by atoms with E-state index in [9.17, 15) is 9.90 Å². The van der Waals surface area contributed by atoms with Crippen molar-refractivity contribution in [1.29, 1.82) is 0 Å². The molecule has 0 fully saturated rings. The molecule has 1 rings (SSSR count). The van der Waals surface area contributed by atoms with E-state index in [0.29, 0.717) is 0 Å². The van der Waals surface area contributed by atoms with E-state index in [2.05, 4.69) is 10.6 Å². The number of aliphatic hydroxyl groups is 1. The van der Waals surface area contributed by atoms with Crippen LogP contribution in [0.4, 0.5) is 4.79 Å². The Kier molecular flexibility index (Phi) is 6.36. The van der Waals surface area contributed by atoms with Crippen LogP contribution in [0.25, 0.3) is 0 Å². The van der Waals surface area contributed by atoms with Gasteiger partial charge in [0, 0.05) is 6.54 Å². The molecule has 0 aliphatic heterocycles. The molecule has 0 heterocycles. The lowest BCUT2D eigenvalue weighted by Crippen LogP contribution is -2.42. The zero-order chi connectivity index (χ0) is 14.3. The van der Waals surface area contributed by atoms with Crippen LogP contribution in [0.15, 0.2) is 30.3 Å². The number of benzene rings is 1. The van der Waals surface area contributed by atoms with E-state index < -0.39 is 6.10 Å². The third-order valence-electron chi connectivity index (χ3n) is 3.42. The lowest BCUT2D eigenvalue weighted by atomic mass is 10.0. The molecule has 3 atom stereocenters. The van der Waals surface area contributed by atoms with Crippen molar-refractivity contribution in [3.63, 3.8) is 0 Å². The lowest BCUT2D eigenvalue weighted by molar-refractivity contribution is 0.114. The van der Waals surface area contributed by atoms with Gasteiger partial charge in [-0.15, -0.1) is 0 Å². The molecule has 4 nitrogen and oxygen atoms in total. The molecule has 4 heteroatoms. The molecule has 0 bridgehead atoms. The summed E-state index contributed by atoms with van der Waals surface area (Å²) in [7, 11) is 0. The largest absolute Gasteiger partial charge is 0.391 e. The van der Waals surface area contributed by atoms with E-state index in [0.717, 1.165) is 12.0 Å². The molecule has 19 heavy (non-hydrogen) atoms. The van der Waals surface area contributed by atoms with Crippen LogP contribution in [0.2, 0.25) is 0 Å². The van der Waals surface area contributed by atoms with Gasteiger partial charge in [0.2, 0.25) is 0 Å². The van der Waals surface area contributed by atoms with E-state index in [-0.39, 0.29) is 24.5 Å². The standard InChI is InChI=1S/C15H24N2O2/c1-4-11(2)14(18)10-16-15(19)17-12(3)13-8-6-5-7-9-13/h5-9,11-12,14,18H,4,10H2,1-3H3,(H2,16,17,19). The Morgan fingerprint density at radius 1 is 1.26 bits per heavy atom. The van der Waals surface area contributed by atoms with Gasteiger partial charge >= 0.3 is 6.03 Å². The molecular weight excluding hydrogens is 240 g/mol. The van der Waals surface area contributed by atoms with Crippen LogP contribution in [-0.4, -0.2) is 23.8 Å². The summed E-state index contributed by atoms with van der Waals surface area (Å²) in [6.45, 7) is 6.20. The number of carbonyl (C=O) groups is 1. The summed E-state index contributed by atoms with van der Waals surface area (Å²) in [5.41, 5.74) is 1.06. The van der Waals surface area contributed by atoms with Gasteiger partial charge in [0.25, 0.3) is 0 Å². The predicted octanol–water partition coefficient (Wildman–Crippen LogP) is 2.45. The van der Waals surface area contributed by atoms with Crippen LogP contribution < -0.4 is 10.6 Å². The van der Waals surface area contributed by atoms with Crippen molar-refractivity contribution in [3.05, 3.63) is 35.9 Å². The molecule has 106 valence electrons. The van der Waals surface area contributed by atoms with Crippen molar-refractivity contribution in [2.45, 2.75) is 39.3 Å². The van der Waals surface area contributed by atoms with Gasteiger partial charge in [-0.2, -0.15) is 0 Å². The second kappa shape index (κ2) is 7.79. The van der Waals surface area contributed by atoms with Gasteiger partial charge in [0.1, 0.15) is 0 Å². The Bertz CT molecular complexity index is 381. The fourth-order valence-electron chi connectivity index (χ4n) is 1.74. The second-order valence-electron chi connectivity index (χ2n) is 4.94. The van der Waals surface area contributed by atoms with Gasteiger partial charge in [-0.1, -0.05) is 50.6 Å². The minimum atomic E-state index is -0.497. The molecule has 0 aliphatic rings. The highest BCUT2D eigenvalue weighted by atomic mass is 16.3. The van der Waals surface area contributed by atoms with E-state index in [1.165, 1.54) is 0 Å². The van der Waals surface area contributed by atoms with E-state index in [1.807, 2.05) is 51.1 Å². The maximum absolute atomic E-state index is 11.7. The van der Waals surface area contributed by atoms with E-state index in [4.69, 9.17) is 0 Å². The van der Waals surface area contributed by atoms with Gasteiger partial charge in [-0.3, -0.25) is 0 Å². The van der Waals surface area contributed by atoms with Gasteiger partial charge in [0.05, 0.1) is 12.1 Å². The molecule has 1 aromatic carbocycles. The predicted molar refractivity (Wildman–Crippen MR) is 76.9 cm³/mol. The number of aliphatic hydroxyl groups excluding tert-OH is 1. The lowest BCUT2D eigenvalue weighted by Gasteiger charge is -2.19. The summed E-state index contributed by atoms with van der Waals surface area (Å²) in [4.78, 5) is 11.7. The molecular formula is C15H24N2O2. The van der Waals surface area contributed by atoms with Crippen LogP contribution in [-0.2, 0) is 0 Å². The highest BCUT2D eigenvalue weighted by Gasteiger charge is 2.14. The van der Waals surface area contributed by atoms with Crippen molar-refractivity contribution in [2.24, 2.45) is 5.92 Å². The molecule has 2 amide bonds. The Morgan fingerprint density at radius 2 is 1.89 bits per heavy atom. The number of nitrogens with one attached hydrogen (secondary N) is 2.